The molecule has 1 aromatic rings. The second kappa shape index (κ2) is 5.33. The maximum Gasteiger partial charge on any atom is 0.354 e. The zero-order chi connectivity index (χ0) is 13.1. The Morgan fingerprint density at radius 2 is 2.11 bits per heavy atom. The van der Waals surface area contributed by atoms with E-state index in [1.54, 1.807) is 6.92 Å². The van der Waals surface area contributed by atoms with Gasteiger partial charge in [-0.15, -0.1) is 0 Å². The maximum absolute atomic E-state index is 11.0. The largest absolute Gasteiger partial charge is 0.477 e. The van der Waals surface area contributed by atoms with E-state index >= 15 is 0 Å². The van der Waals surface area contributed by atoms with Gasteiger partial charge in [0.05, 0.1) is 0 Å². The number of aryl methyl sites for hydroxylation is 1. The van der Waals surface area contributed by atoms with Crippen LogP contribution in [-0.2, 0) is 0 Å². The first kappa shape index (κ1) is 12.8. The van der Waals surface area contributed by atoms with Crippen molar-refractivity contribution in [3.05, 3.63) is 17.5 Å². The summed E-state index contributed by atoms with van der Waals surface area (Å²) in [7, 11) is 1.93. The molecule has 1 heterocycles. The first-order valence-corrected chi connectivity index (χ1v) is 6.36. The second-order valence-electron chi connectivity index (χ2n) is 5.03. The molecule has 0 atom stereocenters. The number of hydrogen-bond acceptors (Lipinski definition) is 4. The van der Waals surface area contributed by atoms with Crippen LogP contribution in [0, 0.1) is 12.8 Å². The Morgan fingerprint density at radius 1 is 1.44 bits per heavy atom. The summed E-state index contributed by atoms with van der Waals surface area (Å²) in [6.45, 7) is 2.70. The van der Waals surface area contributed by atoms with Crippen molar-refractivity contribution in [1.29, 1.82) is 0 Å². The van der Waals surface area contributed by atoms with Crippen LogP contribution in [0.3, 0.4) is 0 Å². The third-order valence-corrected chi connectivity index (χ3v) is 3.41. The average Bonchev–Trinajstić information content (AvgIpc) is 2.80. The molecule has 0 amide bonds. The first-order chi connectivity index (χ1) is 8.56. The Morgan fingerprint density at radius 3 is 2.72 bits per heavy atom. The normalized spacial score (nSPS) is 15.9. The van der Waals surface area contributed by atoms with Crippen molar-refractivity contribution in [2.45, 2.75) is 32.6 Å². The molecular weight excluding hydrogens is 230 g/mol. The third-order valence-electron chi connectivity index (χ3n) is 3.41. The van der Waals surface area contributed by atoms with Gasteiger partial charge >= 0.3 is 5.97 Å². The smallest absolute Gasteiger partial charge is 0.354 e. The monoisotopic (exact) mass is 249 g/mol. The molecule has 0 bridgehead atoms. The molecule has 18 heavy (non-hydrogen) atoms. The van der Waals surface area contributed by atoms with Crippen LogP contribution in [0.5, 0.6) is 0 Å². The molecule has 0 aliphatic heterocycles. The Kier molecular flexibility index (Phi) is 3.79. The molecule has 5 nitrogen and oxygen atoms in total. The number of carboxylic acids is 1. The fraction of sp³-hybridized carbons (Fsp3) is 0.615. The summed E-state index contributed by atoms with van der Waals surface area (Å²) in [6, 6.07) is 1.50. The number of anilines is 1. The van der Waals surface area contributed by atoms with Crippen molar-refractivity contribution in [1.82, 2.24) is 9.97 Å². The zero-order valence-electron chi connectivity index (χ0n) is 10.9. The molecule has 0 radical (unpaired) electrons. The highest BCUT2D eigenvalue weighted by molar-refractivity contribution is 5.85. The average molecular weight is 249 g/mol. The number of carboxylic acid groups (broad SMARTS) is 1. The summed E-state index contributed by atoms with van der Waals surface area (Å²) in [4.78, 5) is 21.3. The number of aromatic carboxylic acids is 1. The number of carbonyl (C=O) groups is 1. The van der Waals surface area contributed by atoms with Crippen molar-refractivity contribution >= 4 is 11.9 Å². The Labute approximate surface area is 107 Å². The standard InChI is InChI=1S/C13H19N3O2/c1-9-7-11(12(17)18)15-13(14-9)16(2)8-10-5-3-4-6-10/h7,10H,3-6,8H2,1-2H3,(H,17,18). The van der Waals surface area contributed by atoms with Crippen molar-refractivity contribution in [3.8, 4) is 0 Å². The molecule has 0 unspecified atom stereocenters. The number of nitrogens with zero attached hydrogens (tertiary/aromatic N) is 3. The molecule has 98 valence electrons. The van der Waals surface area contributed by atoms with Gasteiger partial charge in [0.15, 0.2) is 5.69 Å². The Bertz CT molecular complexity index is 442. The lowest BCUT2D eigenvalue weighted by Gasteiger charge is -2.21. The van der Waals surface area contributed by atoms with Crippen LogP contribution in [0.15, 0.2) is 6.07 Å². The highest BCUT2D eigenvalue weighted by atomic mass is 16.4. The summed E-state index contributed by atoms with van der Waals surface area (Å²) < 4.78 is 0. The van der Waals surface area contributed by atoms with E-state index < -0.39 is 5.97 Å². The van der Waals surface area contributed by atoms with Crippen LogP contribution in [0.25, 0.3) is 0 Å². The molecule has 0 spiro atoms. The highest BCUT2D eigenvalue weighted by Gasteiger charge is 2.19. The number of hydrogen-bond donors (Lipinski definition) is 1. The maximum atomic E-state index is 11.0. The van der Waals surface area contributed by atoms with E-state index in [4.69, 9.17) is 5.11 Å². The van der Waals surface area contributed by atoms with Gasteiger partial charge in [-0.2, -0.15) is 0 Å². The lowest BCUT2D eigenvalue weighted by Crippen LogP contribution is -2.26. The molecule has 1 aromatic heterocycles. The molecule has 0 saturated heterocycles. The van der Waals surface area contributed by atoms with Crippen LogP contribution in [0.2, 0.25) is 0 Å². The zero-order valence-corrected chi connectivity index (χ0v) is 10.9. The second-order valence-corrected chi connectivity index (χ2v) is 5.03. The van der Waals surface area contributed by atoms with Crippen molar-refractivity contribution in [3.63, 3.8) is 0 Å². The predicted octanol–water partition coefficient (Wildman–Crippen LogP) is 2.11. The first-order valence-electron chi connectivity index (χ1n) is 6.36. The van der Waals surface area contributed by atoms with Crippen LogP contribution in [-0.4, -0.2) is 34.6 Å². The molecule has 1 fully saturated rings. The molecule has 2 rings (SSSR count). The van der Waals surface area contributed by atoms with E-state index in [2.05, 4.69) is 9.97 Å². The molecular formula is C13H19N3O2. The highest BCUT2D eigenvalue weighted by Crippen LogP contribution is 2.26. The van der Waals surface area contributed by atoms with E-state index in [1.165, 1.54) is 31.7 Å². The van der Waals surface area contributed by atoms with E-state index in [-0.39, 0.29) is 5.69 Å². The van der Waals surface area contributed by atoms with Gasteiger partial charge in [-0.05, 0) is 31.7 Å². The topological polar surface area (TPSA) is 66.3 Å². The fourth-order valence-corrected chi connectivity index (χ4v) is 2.50. The number of rotatable bonds is 4. The Balaban J connectivity index is 2.13. The van der Waals surface area contributed by atoms with Crippen LogP contribution in [0.1, 0.15) is 41.9 Å². The molecule has 0 aromatic carbocycles. The van der Waals surface area contributed by atoms with Gasteiger partial charge < -0.3 is 10.0 Å². The van der Waals surface area contributed by atoms with Gasteiger partial charge in [0.2, 0.25) is 5.95 Å². The van der Waals surface area contributed by atoms with Crippen molar-refractivity contribution in [2.24, 2.45) is 5.92 Å². The van der Waals surface area contributed by atoms with Crippen LogP contribution >= 0.6 is 0 Å². The quantitative estimate of drug-likeness (QED) is 0.885. The fourth-order valence-electron chi connectivity index (χ4n) is 2.50. The van der Waals surface area contributed by atoms with E-state index in [1.807, 2.05) is 11.9 Å². The summed E-state index contributed by atoms with van der Waals surface area (Å²) in [5.41, 5.74) is 0.756. The van der Waals surface area contributed by atoms with Crippen molar-refractivity contribution < 1.29 is 9.90 Å². The third kappa shape index (κ3) is 2.97. The summed E-state index contributed by atoms with van der Waals surface area (Å²) in [5, 5.41) is 8.99. The number of aromatic nitrogens is 2. The summed E-state index contributed by atoms with van der Waals surface area (Å²) >= 11 is 0. The van der Waals surface area contributed by atoms with Gasteiger partial charge in [0.25, 0.3) is 0 Å². The predicted molar refractivity (Wildman–Crippen MR) is 69.0 cm³/mol. The van der Waals surface area contributed by atoms with E-state index in [0.29, 0.717) is 17.6 Å². The lowest BCUT2D eigenvalue weighted by molar-refractivity contribution is 0.0690. The van der Waals surface area contributed by atoms with E-state index in [9.17, 15) is 4.79 Å². The molecule has 1 aliphatic carbocycles. The van der Waals surface area contributed by atoms with Crippen molar-refractivity contribution in [2.75, 3.05) is 18.5 Å². The minimum absolute atomic E-state index is 0.0655. The van der Waals surface area contributed by atoms with Gasteiger partial charge in [-0.25, -0.2) is 14.8 Å². The summed E-state index contributed by atoms with van der Waals surface area (Å²) in [6.07, 6.45) is 5.10. The van der Waals surface area contributed by atoms with Gasteiger partial charge in [-0.3, -0.25) is 0 Å². The molecule has 5 heteroatoms. The van der Waals surface area contributed by atoms with Gasteiger partial charge in [0.1, 0.15) is 0 Å². The minimum Gasteiger partial charge on any atom is -0.477 e. The Hall–Kier alpha value is -1.65. The lowest BCUT2D eigenvalue weighted by atomic mass is 10.1. The SMILES string of the molecule is Cc1cc(C(=O)O)nc(N(C)CC2CCCC2)n1. The van der Waals surface area contributed by atoms with Crippen LogP contribution in [0.4, 0.5) is 5.95 Å². The molecule has 1 N–H and O–H groups in total. The molecule has 1 saturated carbocycles. The van der Waals surface area contributed by atoms with E-state index in [0.717, 1.165) is 6.54 Å². The van der Waals surface area contributed by atoms with Gasteiger partial charge in [0, 0.05) is 19.3 Å². The molecule has 1 aliphatic rings. The minimum atomic E-state index is -1.00. The van der Waals surface area contributed by atoms with Crippen LogP contribution < -0.4 is 4.90 Å². The van der Waals surface area contributed by atoms with Gasteiger partial charge in [-0.1, -0.05) is 12.8 Å². The summed E-state index contributed by atoms with van der Waals surface area (Å²) in [5.74, 6) is 0.197.